The molecule has 0 spiro atoms. The van der Waals surface area contributed by atoms with Gasteiger partial charge in [0, 0.05) is 10.2 Å². The second-order valence-electron chi connectivity index (χ2n) is 4.02. The number of anilines is 1. The molecule has 0 amide bonds. The number of phenols is 1. The number of hydrogen-bond donors (Lipinski definition) is 3. The highest BCUT2D eigenvalue weighted by atomic mass is 79.9. The highest BCUT2D eigenvalue weighted by Gasteiger charge is 2.19. The maximum Gasteiger partial charge on any atom is 0.330 e. The van der Waals surface area contributed by atoms with Crippen molar-refractivity contribution in [3.63, 3.8) is 0 Å². The summed E-state index contributed by atoms with van der Waals surface area (Å²) >= 11 is 3.33. The quantitative estimate of drug-likeness (QED) is 0.807. The molecule has 0 radical (unpaired) electrons. The number of halogens is 1. The van der Waals surface area contributed by atoms with Crippen LogP contribution in [0.4, 0.5) is 5.69 Å². The van der Waals surface area contributed by atoms with Crippen molar-refractivity contribution >= 4 is 27.6 Å². The summed E-state index contributed by atoms with van der Waals surface area (Å²) in [5, 5.41) is 21.5. The van der Waals surface area contributed by atoms with Crippen molar-refractivity contribution in [3.8, 4) is 5.75 Å². The monoisotopic (exact) mass is 321 g/mol. The van der Waals surface area contributed by atoms with Gasteiger partial charge in [-0.2, -0.15) is 0 Å². The number of benzene rings is 2. The van der Waals surface area contributed by atoms with E-state index >= 15 is 0 Å². The third-order valence-corrected chi connectivity index (χ3v) is 3.10. The van der Waals surface area contributed by atoms with E-state index in [1.54, 1.807) is 24.3 Å². The smallest absolute Gasteiger partial charge is 0.330 e. The van der Waals surface area contributed by atoms with Gasteiger partial charge in [-0.25, -0.2) is 4.79 Å². The molecule has 0 fully saturated rings. The topological polar surface area (TPSA) is 69.6 Å². The fourth-order valence-corrected chi connectivity index (χ4v) is 2.10. The molecule has 5 heteroatoms. The third-order valence-electron chi connectivity index (χ3n) is 2.61. The molecule has 0 saturated heterocycles. The minimum atomic E-state index is -0.981. The summed E-state index contributed by atoms with van der Waals surface area (Å²) in [5.74, 6) is -0.874. The Kier molecular flexibility index (Phi) is 4.06. The zero-order valence-corrected chi connectivity index (χ0v) is 11.5. The zero-order chi connectivity index (χ0) is 13.8. The van der Waals surface area contributed by atoms with E-state index in [-0.39, 0.29) is 5.75 Å². The molecule has 0 aliphatic heterocycles. The van der Waals surface area contributed by atoms with Gasteiger partial charge in [-0.3, -0.25) is 0 Å². The number of nitrogens with one attached hydrogen (secondary N) is 1. The maximum absolute atomic E-state index is 11.3. The molecule has 0 saturated carbocycles. The highest BCUT2D eigenvalue weighted by Crippen LogP contribution is 2.23. The number of rotatable bonds is 4. The van der Waals surface area contributed by atoms with Crippen molar-refractivity contribution in [1.29, 1.82) is 0 Å². The summed E-state index contributed by atoms with van der Waals surface area (Å²) in [4.78, 5) is 11.3. The number of carbonyl (C=O) groups is 1. The van der Waals surface area contributed by atoms with Gasteiger partial charge in [0.25, 0.3) is 0 Å². The molecule has 3 N–H and O–H groups in total. The summed E-state index contributed by atoms with van der Waals surface area (Å²) in [5.41, 5.74) is 1.28. The van der Waals surface area contributed by atoms with E-state index in [0.29, 0.717) is 11.3 Å². The summed E-state index contributed by atoms with van der Waals surface area (Å²) in [6.45, 7) is 0. The number of phenolic OH excluding ortho intramolecular Hbond substituents is 1. The molecule has 0 aliphatic carbocycles. The summed E-state index contributed by atoms with van der Waals surface area (Å²) < 4.78 is 0.868. The molecule has 1 atom stereocenters. The van der Waals surface area contributed by atoms with Crippen LogP contribution < -0.4 is 5.32 Å². The van der Waals surface area contributed by atoms with Crippen LogP contribution in [0.1, 0.15) is 11.6 Å². The first-order chi connectivity index (χ1) is 9.06. The Morgan fingerprint density at radius 1 is 1.16 bits per heavy atom. The first-order valence-corrected chi connectivity index (χ1v) is 6.39. The SMILES string of the molecule is O=C(O)C(Nc1cccc(Br)c1)c1ccc(O)cc1. The Hall–Kier alpha value is -2.01. The van der Waals surface area contributed by atoms with Crippen molar-refractivity contribution < 1.29 is 15.0 Å². The van der Waals surface area contributed by atoms with Crippen LogP contribution in [0.25, 0.3) is 0 Å². The van der Waals surface area contributed by atoms with Crippen molar-refractivity contribution in [2.45, 2.75) is 6.04 Å². The van der Waals surface area contributed by atoms with Crippen LogP contribution in [0, 0.1) is 0 Å². The predicted octanol–water partition coefficient (Wildman–Crippen LogP) is 3.39. The molecule has 1 unspecified atom stereocenters. The third kappa shape index (κ3) is 3.48. The standard InChI is InChI=1S/C14H12BrNO3/c15-10-2-1-3-11(8-10)16-13(14(18)19)9-4-6-12(17)7-5-9/h1-8,13,16-17H,(H,18,19). The lowest BCUT2D eigenvalue weighted by Gasteiger charge is -2.16. The number of hydrogen-bond acceptors (Lipinski definition) is 3. The molecule has 0 heterocycles. The minimum absolute atomic E-state index is 0.107. The number of aromatic hydroxyl groups is 1. The van der Waals surface area contributed by atoms with Gasteiger partial charge >= 0.3 is 5.97 Å². The molecule has 2 aromatic carbocycles. The second kappa shape index (κ2) is 5.75. The van der Waals surface area contributed by atoms with E-state index in [2.05, 4.69) is 21.2 Å². The largest absolute Gasteiger partial charge is 0.508 e. The van der Waals surface area contributed by atoms with Gasteiger partial charge in [0.05, 0.1) is 0 Å². The number of carboxylic acid groups (broad SMARTS) is 1. The lowest BCUT2D eigenvalue weighted by atomic mass is 10.1. The predicted molar refractivity (Wildman–Crippen MR) is 76.2 cm³/mol. The van der Waals surface area contributed by atoms with Crippen LogP contribution in [0.5, 0.6) is 5.75 Å². The fourth-order valence-electron chi connectivity index (χ4n) is 1.70. The number of aliphatic carboxylic acids is 1. The van der Waals surface area contributed by atoms with E-state index in [9.17, 15) is 15.0 Å². The normalized spacial score (nSPS) is 11.8. The summed E-state index contributed by atoms with van der Waals surface area (Å²) in [6, 6.07) is 12.5. The van der Waals surface area contributed by atoms with E-state index < -0.39 is 12.0 Å². The Balaban J connectivity index is 2.26. The number of carboxylic acids is 1. The van der Waals surface area contributed by atoms with Crippen LogP contribution in [-0.4, -0.2) is 16.2 Å². The van der Waals surface area contributed by atoms with E-state index in [0.717, 1.165) is 4.47 Å². The Morgan fingerprint density at radius 3 is 2.42 bits per heavy atom. The summed E-state index contributed by atoms with van der Waals surface area (Å²) in [6.07, 6.45) is 0. The van der Waals surface area contributed by atoms with Gasteiger partial charge in [0.15, 0.2) is 6.04 Å². The van der Waals surface area contributed by atoms with Crippen molar-refractivity contribution in [3.05, 3.63) is 58.6 Å². The first kappa shape index (κ1) is 13.4. The Bertz CT molecular complexity index is 583. The van der Waals surface area contributed by atoms with Gasteiger partial charge in [-0.1, -0.05) is 34.1 Å². The highest BCUT2D eigenvalue weighted by molar-refractivity contribution is 9.10. The molecule has 19 heavy (non-hydrogen) atoms. The lowest BCUT2D eigenvalue weighted by molar-refractivity contribution is -0.138. The van der Waals surface area contributed by atoms with E-state index in [1.165, 1.54) is 12.1 Å². The average Bonchev–Trinajstić information content (AvgIpc) is 2.37. The molecule has 0 bridgehead atoms. The van der Waals surface area contributed by atoms with Crippen LogP contribution >= 0.6 is 15.9 Å². The van der Waals surface area contributed by atoms with Crippen molar-refractivity contribution in [2.75, 3.05) is 5.32 Å². The second-order valence-corrected chi connectivity index (χ2v) is 4.93. The molecule has 98 valence electrons. The van der Waals surface area contributed by atoms with Crippen molar-refractivity contribution in [2.24, 2.45) is 0 Å². The fraction of sp³-hybridized carbons (Fsp3) is 0.0714. The molecule has 2 aromatic rings. The molecule has 2 rings (SSSR count). The molecule has 4 nitrogen and oxygen atoms in total. The van der Waals surface area contributed by atoms with Crippen LogP contribution in [0.15, 0.2) is 53.0 Å². The Morgan fingerprint density at radius 2 is 1.84 bits per heavy atom. The van der Waals surface area contributed by atoms with Crippen molar-refractivity contribution in [1.82, 2.24) is 0 Å². The van der Waals surface area contributed by atoms with Crippen LogP contribution in [0.3, 0.4) is 0 Å². The van der Waals surface area contributed by atoms with Gasteiger partial charge in [0.1, 0.15) is 5.75 Å². The van der Waals surface area contributed by atoms with Gasteiger partial charge in [-0.15, -0.1) is 0 Å². The van der Waals surface area contributed by atoms with E-state index in [1.807, 2.05) is 12.1 Å². The van der Waals surface area contributed by atoms with Crippen LogP contribution in [-0.2, 0) is 4.79 Å². The summed E-state index contributed by atoms with van der Waals surface area (Å²) in [7, 11) is 0. The Labute approximate surface area is 118 Å². The van der Waals surface area contributed by atoms with E-state index in [4.69, 9.17) is 0 Å². The van der Waals surface area contributed by atoms with Gasteiger partial charge in [0.2, 0.25) is 0 Å². The first-order valence-electron chi connectivity index (χ1n) is 5.60. The molecular weight excluding hydrogens is 310 g/mol. The molecular formula is C14H12BrNO3. The zero-order valence-electron chi connectivity index (χ0n) is 9.88. The van der Waals surface area contributed by atoms with Gasteiger partial charge in [-0.05, 0) is 35.9 Å². The molecule has 0 aromatic heterocycles. The van der Waals surface area contributed by atoms with Crippen LogP contribution in [0.2, 0.25) is 0 Å². The maximum atomic E-state index is 11.3. The molecule has 0 aliphatic rings. The average molecular weight is 322 g/mol. The minimum Gasteiger partial charge on any atom is -0.508 e. The lowest BCUT2D eigenvalue weighted by Crippen LogP contribution is -2.20. The van der Waals surface area contributed by atoms with Gasteiger partial charge < -0.3 is 15.5 Å².